The van der Waals surface area contributed by atoms with Crippen molar-refractivity contribution in [1.29, 1.82) is 0 Å². The van der Waals surface area contributed by atoms with Gasteiger partial charge in [0.2, 0.25) is 5.91 Å². The van der Waals surface area contributed by atoms with Gasteiger partial charge >= 0.3 is 0 Å². The maximum absolute atomic E-state index is 12.1. The van der Waals surface area contributed by atoms with Crippen LogP contribution in [0.1, 0.15) is 30.3 Å². The number of ether oxygens (including phenoxy) is 1. The van der Waals surface area contributed by atoms with Gasteiger partial charge in [-0.05, 0) is 44.9 Å². The van der Waals surface area contributed by atoms with E-state index in [0.717, 1.165) is 33.5 Å². The number of aryl methyl sites for hydroxylation is 2. The number of benzene rings is 1. The van der Waals surface area contributed by atoms with Crippen LogP contribution in [0.5, 0.6) is 0 Å². The van der Waals surface area contributed by atoms with E-state index in [9.17, 15) is 4.79 Å². The second-order valence-corrected chi connectivity index (χ2v) is 6.44. The third kappa shape index (κ3) is 3.49. The fraction of sp³-hybridized carbons (Fsp3) is 0.421. The van der Waals surface area contributed by atoms with E-state index in [4.69, 9.17) is 9.72 Å². The van der Waals surface area contributed by atoms with Crippen LogP contribution in [0, 0.1) is 13.8 Å². The highest BCUT2D eigenvalue weighted by Gasteiger charge is 2.15. The molecule has 0 fully saturated rings. The average Bonchev–Trinajstić information content (AvgIpc) is 2.94. The number of methoxy groups -OCH3 is 1. The molecule has 1 unspecified atom stereocenters. The van der Waals surface area contributed by atoms with Crippen LogP contribution in [-0.4, -0.2) is 40.3 Å². The van der Waals surface area contributed by atoms with Gasteiger partial charge in [-0.2, -0.15) is 5.10 Å². The van der Waals surface area contributed by atoms with E-state index in [1.807, 2.05) is 49.6 Å². The van der Waals surface area contributed by atoms with Crippen molar-refractivity contribution < 1.29 is 9.53 Å². The lowest BCUT2D eigenvalue weighted by atomic mass is 10.1. The SMILES string of the molecule is COCC(C)NC(=O)CCc1c(C)nc2c3ccccc3nn2c1C. The molecule has 1 N–H and O–H groups in total. The van der Waals surface area contributed by atoms with Gasteiger partial charge in [-0.15, -0.1) is 0 Å². The third-order valence-electron chi connectivity index (χ3n) is 4.44. The number of nitrogens with zero attached hydrogens (tertiary/aromatic N) is 3. The van der Waals surface area contributed by atoms with Crippen molar-refractivity contribution in [1.82, 2.24) is 19.9 Å². The fourth-order valence-corrected chi connectivity index (χ4v) is 3.22. The number of nitrogens with one attached hydrogen (secondary N) is 1. The summed E-state index contributed by atoms with van der Waals surface area (Å²) in [6.07, 6.45) is 1.06. The van der Waals surface area contributed by atoms with Crippen molar-refractivity contribution >= 4 is 22.5 Å². The quantitative estimate of drug-likeness (QED) is 0.749. The van der Waals surface area contributed by atoms with Gasteiger partial charge in [0.05, 0.1) is 12.1 Å². The lowest BCUT2D eigenvalue weighted by Crippen LogP contribution is -2.35. The molecule has 0 aliphatic carbocycles. The van der Waals surface area contributed by atoms with Crippen LogP contribution >= 0.6 is 0 Å². The molecule has 132 valence electrons. The molecule has 0 saturated carbocycles. The summed E-state index contributed by atoms with van der Waals surface area (Å²) in [5.74, 6) is 0.0223. The third-order valence-corrected chi connectivity index (χ3v) is 4.44. The smallest absolute Gasteiger partial charge is 0.220 e. The number of amides is 1. The monoisotopic (exact) mass is 340 g/mol. The van der Waals surface area contributed by atoms with Crippen molar-refractivity contribution in [3.05, 3.63) is 41.2 Å². The molecule has 2 heterocycles. The summed E-state index contributed by atoms with van der Waals surface area (Å²) in [6, 6.07) is 8.01. The number of hydrogen-bond acceptors (Lipinski definition) is 4. The van der Waals surface area contributed by atoms with Gasteiger partial charge < -0.3 is 10.1 Å². The first-order valence-electron chi connectivity index (χ1n) is 8.53. The number of carbonyl (C=O) groups is 1. The first kappa shape index (κ1) is 17.4. The Hall–Kier alpha value is -2.47. The first-order valence-corrected chi connectivity index (χ1v) is 8.53. The Morgan fingerprint density at radius 2 is 2.08 bits per heavy atom. The molecule has 0 spiro atoms. The second-order valence-electron chi connectivity index (χ2n) is 6.44. The van der Waals surface area contributed by atoms with Crippen molar-refractivity contribution in [3.63, 3.8) is 0 Å². The van der Waals surface area contributed by atoms with Crippen molar-refractivity contribution in [2.75, 3.05) is 13.7 Å². The van der Waals surface area contributed by atoms with Gasteiger partial charge in [0.25, 0.3) is 0 Å². The molecular formula is C19H24N4O2. The topological polar surface area (TPSA) is 68.5 Å². The molecule has 0 aliphatic rings. The molecule has 2 aromatic heterocycles. The Bertz CT molecular complexity index is 917. The molecule has 0 aliphatic heterocycles. The summed E-state index contributed by atoms with van der Waals surface area (Å²) >= 11 is 0. The highest BCUT2D eigenvalue weighted by Crippen LogP contribution is 2.22. The van der Waals surface area contributed by atoms with Crippen LogP contribution < -0.4 is 5.32 Å². The maximum Gasteiger partial charge on any atom is 0.220 e. The minimum absolute atomic E-state index is 0.0108. The van der Waals surface area contributed by atoms with Gasteiger partial charge in [0.15, 0.2) is 5.65 Å². The zero-order valence-electron chi connectivity index (χ0n) is 15.2. The molecule has 1 amide bonds. The van der Waals surface area contributed by atoms with E-state index in [2.05, 4.69) is 10.4 Å². The summed E-state index contributed by atoms with van der Waals surface area (Å²) in [4.78, 5) is 16.9. The summed E-state index contributed by atoms with van der Waals surface area (Å²) in [6.45, 7) is 6.47. The highest BCUT2D eigenvalue weighted by atomic mass is 16.5. The Labute approximate surface area is 147 Å². The Morgan fingerprint density at radius 3 is 2.84 bits per heavy atom. The number of fused-ring (bicyclic) bond motifs is 3. The molecule has 1 aromatic carbocycles. The first-order chi connectivity index (χ1) is 12.0. The molecule has 25 heavy (non-hydrogen) atoms. The summed E-state index contributed by atoms with van der Waals surface area (Å²) in [5, 5.41) is 8.64. The summed E-state index contributed by atoms with van der Waals surface area (Å²) in [5.41, 5.74) is 4.87. The van der Waals surface area contributed by atoms with E-state index in [-0.39, 0.29) is 11.9 Å². The number of carbonyl (C=O) groups excluding carboxylic acids is 1. The fourth-order valence-electron chi connectivity index (χ4n) is 3.22. The van der Waals surface area contributed by atoms with E-state index >= 15 is 0 Å². The van der Waals surface area contributed by atoms with Crippen molar-refractivity contribution in [2.24, 2.45) is 0 Å². The maximum atomic E-state index is 12.1. The average molecular weight is 340 g/mol. The Balaban J connectivity index is 1.84. The van der Waals surface area contributed by atoms with Crippen LogP contribution in [0.15, 0.2) is 24.3 Å². The number of aromatic nitrogens is 3. The number of rotatable bonds is 6. The van der Waals surface area contributed by atoms with Crippen molar-refractivity contribution in [3.8, 4) is 0 Å². The van der Waals surface area contributed by atoms with Crippen LogP contribution in [0.25, 0.3) is 16.6 Å². The normalized spacial score (nSPS) is 12.6. The van der Waals surface area contributed by atoms with E-state index < -0.39 is 0 Å². The van der Waals surface area contributed by atoms with Crippen LogP contribution in [0.4, 0.5) is 0 Å². The molecule has 0 radical (unpaired) electrons. The lowest BCUT2D eigenvalue weighted by molar-refractivity contribution is -0.122. The predicted molar refractivity (Wildman–Crippen MR) is 97.8 cm³/mol. The molecule has 6 heteroatoms. The van der Waals surface area contributed by atoms with E-state index in [1.165, 1.54) is 0 Å². The molecule has 0 saturated heterocycles. The second kappa shape index (κ2) is 7.19. The van der Waals surface area contributed by atoms with Gasteiger partial charge in [-0.1, -0.05) is 12.1 Å². The molecular weight excluding hydrogens is 316 g/mol. The van der Waals surface area contributed by atoms with Crippen molar-refractivity contribution in [2.45, 2.75) is 39.7 Å². The van der Waals surface area contributed by atoms with E-state index in [0.29, 0.717) is 19.4 Å². The largest absolute Gasteiger partial charge is 0.383 e. The predicted octanol–water partition coefficient (Wildman–Crippen LogP) is 2.58. The molecule has 1 atom stereocenters. The molecule has 3 aromatic rings. The van der Waals surface area contributed by atoms with Gasteiger partial charge in [-0.25, -0.2) is 9.50 Å². The zero-order chi connectivity index (χ0) is 18.0. The van der Waals surface area contributed by atoms with E-state index in [1.54, 1.807) is 7.11 Å². The Morgan fingerprint density at radius 1 is 1.32 bits per heavy atom. The van der Waals surface area contributed by atoms with Gasteiger partial charge in [0, 0.05) is 36.3 Å². The van der Waals surface area contributed by atoms with Crippen LogP contribution in [0.3, 0.4) is 0 Å². The lowest BCUT2D eigenvalue weighted by Gasteiger charge is -2.14. The summed E-state index contributed by atoms with van der Waals surface area (Å²) in [7, 11) is 1.63. The van der Waals surface area contributed by atoms with Gasteiger partial charge in [0.1, 0.15) is 0 Å². The Kier molecular flexibility index (Phi) is 4.99. The van der Waals surface area contributed by atoms with Gasteiger partial charge in [-0.3, -0.25) is 4.79 Å². The minimum Gasteiger partial charge on any atom is -0.383 e. The standard InChI is InChI=1S/C19H24N4O2/c1-12(11-25-4)20-18(24)10-9-15-13(2)21-19-16-7-5-6-8-17(16)22-23(19)14(15)3/h5-8,12H,9-11H2,1-4H3,(H,20,24). The molecule has 0 bridgehead atoms. The van der Waals surface area contributed by atoms with Crippen LogP contribution in [0.2, 0.25) is 0 Å². The highest BCUT2D eigenvalue weighted by molar-refractivity contribution is 5.92. The zero-order valence-corrected chi connectivity index (χ0v) is 15.2. The minimum atomic E-state index is 0.0108. The van der Waals surface area contributed by atoms with Crippen LogP contribution in [-0.2, 0) is 16.0 Å². The molecule has 6 nitrogen and oxygen atoms in total. The summed E-state index contributed by atoms with van der Waals surface area (Å²) < 4.78 is 6.93. The molecule has 3 rings (SSSR count). The number of hydrogen-bond donors (Lipinski definition) is 1.